The molecule has 0 aliphatic heterocycles. The first-order chi connectivity index (χ1) is 10.3. The Morgan fingerprint density at radius 1 is 1.00 bits per heavy atom. The predicted molar refractivity (Wildman–Crippen MR) is 83.8 cm³/mol. The summed E-state index contributed by atoms with van der Waals surface area (Å²) in [5.74, 6) is 1.94. The molecule has 4 rings (SSSR count). The fraction of sp³-hybridized carbons (Fsp3) is 0.944. The average molecular weight is 287 g/mol. The van der Waals surface area contributed by atoms with Gasteiger partial charge in [-0.3, -0.25) is 10.2 Å². The highest BCUT2D eigenvalue weighted by molar-refractivity contribution is 5.13. The zero-order chi connectivity index (χ0) is 14.3. The number of nitrogens with zero attached hydrogens (tertiary/aromatic N) is 2. The Labute approximate surface area is 129 Å². The van der Waals surface area contributed by atoms with Crippen molar-refractivity contribution in [1.82, 2.24) is 10.2 Å². The lowest BCUT2D eigenvalue weighted by Gasteiger charge is -2.42. The molecule has 0 heterocycles. The lowest BCUT2D eigenvalue weighted by Crippen LogP contribution is -2.54. The van der Waals surface area contributed by atoms with Crippen LogP contribution in [0.2, 0.25) is 0 Å². The summed E-state index contributed by atoms with van der Waals surface area (Å²) in [5.41, 5.74) is -0.213. The van der Waals surface area contributed by atoms with Crippen LogP contribution in [0, 0.1) is 23.2 Å². The third-order valence-corrected chi connectivity index (χ3v) is 5.89. The molecule has 0 aromatic heterocycles. The molecular weight excluding hydrogens is 258 g/mol. The molecule has 0 radical (unpaired) electrons. The van der Waals surface area contributed by atoms with Gasteiger partial charge in [0.15, 0.2) is 0 Å². The molecule has 1 N–H and O–H groups in total. The summed E-state index contributed by atoms with van der Waals surface area (Å²) in [5, 5.41) is 13.5. The van der Waals surface area contributed by atoms with Crippen molar-refractivity contribution in [3.8, 4) is 6.07 Å². The summed E-state index contributed by atoms with van der Waals surface area (Å²) in [4.78, 5) is 2.79. The van der Waals surface area contributed by atoms with Gasteiger partial charge in [-0.25, -0.2) is 0 Å². The van der Waals surface area contributed by atoms with Crippen molar-refractivity contribution in [2.24, 2.45) is 11.8 Å². The van der Waals surface area contributed by atoms with E-state index in [0.717, 1.165) is 24.7 Å². The Hall–Kier alpha value is -0.590. The van der Waals surface area contributed by atoms with Crippen molar-refractivity contribution in [2.75, 3.05) is 13.1 Å². The molecule has 2 atom stereocenters. The minimum absolute atomic E-state index is 0.213. The van der Waals surface area contributed by atoms with E-state index in [-0.39, 0.29) is 5.54 Å². The van der Waals surface area contributed by atoms with Crippen LogP contribution < -0.4 is 5.32 Å². The smallest absolute Gasteiger partial charge is 0.108 e. The standard InChI is InChI=1S/C18H29N3/c19-13-18(20-16-7-8-16)9-1-2-17(10-18)21(11-14-3-4-14)12-15-5-6-15/h14-17,20H,1-12H2. The van der Waals surface area contributed by atoms with Crippen LogP contribution in [-0.2, 0) is 0 Å². The van der Waals surface area contributed by atoms with Gasteiger partial charge in [-0.05, 0) is 76.0 Å². The first kappa shape index (κ1) is 14.0. The van der Waals surface area contributed by atoms with Crippen LogP contribution in [0.25, 0.3) is 0 Å². The largest absolute Gasteiger partial charge is 0.300 e. The second-order valence-corrected chi connectivity index (χ2v) is 8.20. The van der Waals surface area contributed by atoms with Crippen molar-refractivity contribution in [1.29, 1.82) is 5.26 Å². The molecule has 116 valence electrons. The van der Waals surface area contributed by atoms with E-state index in [1.165, 1.54) is 64.5 Å². The Morgan fingerprint density at radius 2 is 1.67 bits per heavy atom. The number of nitriles is 1. The molecule has 3 nitrogen and oxygen atoms in total. The highest BCUT2D eigenvalue weighted by Crippen LogP contribution is 2.39. The molecule has 4 aliphatic rings. The fourth-order valence-electron chi connectivity index (χ4n) is 4.08. The van der Waals surface area contributed by atoms with E-state index in [1.54, 1.807) is 0 Å². The first-order valence-corrected chi connectivity index (χ1v) is 9.19. The van der Waals surface area contributed by atoms with Gasteiger partial charge in [0.1, 0.15) is 5.54 Å². The molecule has 0 spiro atoms. The Morgan fingerprint density at radius 3 is 2.19 bits per heavy atom. The summed E-state index contributed by atoms with van der Waals surface area (Å²) in [6.07, 6.45) is 13.0. The SMILES string of the molecule is N#CC1(NC2CC2)CCCC(N(CC2CC2)CC2CC2)C1. The number of hydrogen-bond acceptors (Lipinski definition) is 3. The van der Waals surface area contributed by atoms with Gasteiger partial charge in [-0.15, -0.1) is 0 Å². The first-order valence-electron chi connectivity index (χ1n) is 9.19. The van der Waals surface area contributed by atoms with Crippen LogP contribution in [0.4, 0.5) is 0 Å². The van der Waals surface area contributed by atoms with Crippen molar-refractivity contribution < 1.29 is 0 Å². The minimum atomic E-state index is -0.213. The van der Waals surface area contributed by atoms with Gasteiger partial charge < -0.3 is 0 Å². The van der Waals surface area contributed by atoms with Crippen LogP contribution in [0.5, 0.6) is 0 Å². The van der Waals surface area contributed by atoms with Gasteiger partial charge in [-0.1, -0.05) is 0 Å². The third kappa shape index (κ3) is 3.60. The monoisotopic (exact) mass is 287 g/mol. The summed E-state index contributed by atoms with van der Waals surface area (Å²) >= 11 is 0. The molecule has 4 aliphatic carbocycles. The molecule has 0 aromatic rings. The Bertz CT molecular complexity index is 403. The van der Waals surface area contributed by atoms with Crippen molar-refractivity contribution >= 4 is 0 Å². The molecule has 0 aromatic carbocycles. The normalized spacial score (nSPS) is 36.7. The molecule has 3 heteroatoms. The van der Waals surface area contributed by atoms with Crippen LogP contribution in [0.1, 0.15) is 64.2 Å². The highest BCUT2D eigenvalue weighted by Gasteiger charge is 2.43. The topological polar surface area (TPSA) is 39.1 Å². The molecule has 4 saturated carbocycles. The van der Waals surface area contributed by atoms with E-state index >= 15 is 0 Å². The maximum Gasteiger partial charge on any atom is 0.108 e. The summed E-state index contributed by atoms with van der Waals surface area (Å²) < 4.78 is 0. The minimum Gasteiger partial charge on any atom is -0.300 e. The Balaban J connectivity index is 1.42. The maximum atomic E-state index is 9.78. The van der Waals surface area contributed by atoms with Gasteiger partial charge in [0.25, 0.3) is 0 Å². The number of rotatable bonds is 7. The molecule has 2 unspecified atom stereocenters. The molecular formula is C18H29N3. The second-order valence-electron chi connectivity index (χ2n) is 8.20. The van der Waals surface area contributed by atoms with E-state index in [9.17, 15) is 5.26 Å². The second kappa shape index (κ2) is 5.56. The Kier molecular flexibility index (Phi) is 3.71. The number of nitrogens with one attached hydrogen (secondary N) is 1. The van der Waals surface area contributed by atoms with Crippen LogP contribution in [0.15, 0.2) is 0 Å². The van der Waals surface area contributed by atoms with Gasteiger partial charge in [-0.2, -0.15) is 5.26 Å². The third-order valence-electron chi connectivity index (χ3n) is 5.89. The van der Waals surface area contributed by atoms with Crippen LogP contribution in [-0.4, -0.2) is 35.6 Å². The van der Waals surface area contributed by atoms with Gasteiger partial charge in [0.05, 0.1) is 6.07 Å². The average Bonchev–Trinajstić information content (AvgIpc) is 3.34. The van der Waals surface area contributed by atoms with Crippen molar-refractivity contribution in [2.45, 2.75) is 81.8 Å². The van der Waals surface area contributed by atoms with E-state index in [0.29, 0.717) is 12.1 Å². The van der Waals surface area contributed by atoms with Crippen molar-refractivity contribution in [3.63, 3.8) is 0 Å². The maximum absolute atomic E-state index is 9.78. The number of hydrogen-bond donors (Lipinski definition) is 1. The molecule has 0 amide bonds. The van der Waals surface area contributed by atoms with Gasteiger partial charge >= 0.3 is 0 Å². The molecule has 4 fully saturated rings. The van der Waals surface area contributed by atoms with Gasteiger partial charge in [0, 0.05) is 25.2 Å². The van der Waals surface area contributed by atoms with Crippen LogP contribution in [0.3, 0.4) is 0 Å². The van der Waals surface area contributed by atoms with E-state index in [2.05, 4.69) is 16.3 Å². The predicted octanol–water partition coefficient (Wildman–Crippen LogP) is 3.07. The zero-order valence-corrected chi connectivity index (χ0v) is 13.2. The zero-order valence-electron chi connectivity index (χ0n) is 13.2. The summed E-state index contributed by atoms with van der Waals surface area (Å²) in [6, 6.07) is 3.97. The van der Waals surface area contributed by atoms with E-state index < -0.39 is 0 Å². The van der Waals surface area contributed by atoms with E-state index in [4.69, 9.17) is 0 Å². The molecule has 0 saturated heterocycles. The van der Waals surface area contributed by atoms with Gasteiger partial charge in [0.2, 0.25) is 0 Å². The van der Waals surface area contributed by atoms with Crippen molar-refractivity contribution in [3.05, 3.63) is 0 Å². The lowest BCUT2D eigenvalue weighted by molar-refractivity contribution is 0.109. The van der Waals surface area contributed by atoms with E-state index in [1.807, 2.05) is 0 Å². The van der Waals surface area contributed by atoms with Crippen LogP contribution >= 0.6 is 0 Å². The highest BCUT2D eigenvalue weighted by atomic mass is 15.2. The lowest BCUT2D eigenvalue weighted by atomic mass is 9.79. The summed E-state index contributed by atoms with van der Waals surface area (Å²) in [6.45, 7) is 2.62. The quantitative estimate of drug-likeness (QED) is 0.782. The molecule has 21 heavy (non-hydrogen) atoms. The summed E-state index contributed by atoms with van der Waals surface area (Å²) in [7, 11) is 0. The fourth-order valence-corrected chi connectivity index (χ4v) is 4.08. The molecule has 0 bridgehead atoms.